The molecule has 2 aromatic rings. The van der Waals surface area contributed by atoms with Crippen molar-refractivity contribution in [1.29, 1.82) is 0 Å². The summed E-state index contributed by atoms with van der Waals surface area (Å²) in [5.41, 5.74) is -1.56. The Morgan fingerprint density at radius 3 is 2.09 bits per heavy atom. The van der Waals surface area contributed by atoms with Gasteiger partial charge in [-0.2, -0.15) is 0 Å². The van der Waals surface area contributed by atoms with Gasteiger partial charge in [-0.15, -0.1) is 0 Å². The number of aromatic carboxylic acids is 2. The molecule has 1 aromatic carbocycles. The van der Waals surface area contributed by atoms with E-state index in [0.717, 1.165) is 22.8 Å². The van der Waals surface area contributed by atoms with Crippen molar-refractivity contribution in [3.05, 3.63) is 63.3 Å². The highest BCUT2D eigenvalue weighted by atomic mass is 19.1. The van der Waals surface area contributed by atoms with Gasteiger partial charge in [0.2, 0.25) is 0 Å². The van der Waals surface area contributed by atoms with E-state index in [1.807, 2.05) is 0 Å². The lowest BCUT2D eigenvalue weighted by Gasteiger charge is -2.17. The fourth-order valence-electron chi connectivity index (χ4n) is 2.29. The quantitative estimate of drug-likeness (QED) is 0.902. The van der Waals surface area contributed by atoms with Crippen LogP contribution in [0.5, 0.6) is 0 Å². The third-order valence-electron chi connectivity index (χ3n) is 3.37. The molecule has 0 bridgehead atoms. The van der Waals surface area contributed by atoms with E-state index in [1.54, 1.807) is 13.8 Å². The smallest absolute Gasteiger partial charge is 0.353 e. The van der Waals surface area contributed by atoms with Gasteiger partial charge >= 0.3 is 11.9 Å². The normalized spacial score (nSPS) is 10.8. The lowest BCUT2D eigenvalue weighted by molar-refractivity contribution is 0.0669. The predicted octanol–water partition coefficient (Wildman–Crippen LogP) is 2.50. The molecule has 6 nitrogen and oxygen atoms in total. The van der Waals surface area contributed by atoms with E-state index in [2.05, 4.69) is 0 Å². The minimum atomic E-state index is -1.45. The molecule has 0 atom stereocenters. The van der Waals surface area contributed by atoms with Crippen LogP contribution in [-0.2, 0) is 0 Å². The highest BCUT2D eigenvalue weighted by molar-refractivity contribution is 5.92. The first-order valence-corrected chi connectivity index (χ1v) is 6.76. The van der Waals surface area contributed by atoms with Gasteiger partial charge in [0.15, 0.2) is 0 Å². The molecular weight excluding hydrogens is 305 g/mol. The fraction of sp³-hybridized carbons (Fsp3) is 0.188. The van der Waals surface area contributed by atoms with Crippen molar-refractivity contribution >= 4 is 11.9 Å². The molecule has 0 aliphatic carbocycles. The largest absolute Gasteiger partial charge is 0.477 e. The topological polar surface area (TPSA) is 96.6 Å². The number of carboxylic acid groups (broad SMARTS) is 2. The maximum absolute atomic E-state index is 13.1. The van der Waals surface area contributed by atoms with Crippen molar-refractivity contribution in [3.63, 3.8) is 0 Å². The van der Waals surface area contributed by atoms with E-state index in [4.69, 9.17) is 0 Å². The number of hydrogen-bond acceptors (Lipinski definition) is 3. The average molecular weight is 319 g/mol. The molecule has 2 rings (SSSR count). The summed E-state index contributed by atoms with van der Waals surface area (Å²) in [4.78, 5) is 35.4. The Bertz CT molecular complexity index is 837. The molecule has 0 aliphatic rings. The van der Waals surface area contributed by atoms with Gasteiger partial charge in [0.1, 0.15) is 17.1 Å². The number of benzene rings is 1. The molecule has 23 heavy (non-hydrogen) atoms. The van der Waals surface area contributed by atoms with Gasteiger partial charge in [0, 0.05) is 5.69 Å². The van der Waals surface area contributed by atoms with Gasteiger partial charge in [0.25, 0.3) is 5.56 Å². The summed E-state index contributed by atoms with van der Waals surface area (Å²) in [5.74, 6) is -3.71. The fourth-order valence-corrected chi connectivity index (χ4v) is 2.29. The molecule has 120 valence electrons. The molecule has 7 heteroatoms. The molecule has 0 saturated carbocycles. The Balaban J connectivity index is 2.96. The van der Waals surface area contributed by atoms with Gasteiger partial charge in [-0.1, -0.05) is 13.8 Å². The van der Waals surface area contributed by atoms with Gasteiger partial charge in [0.05, 0.1) is 0 Å². The second-order valence-electron chi connectivity index (χ2n) is 5.24. The van der Waals surface area contributed by atoms with Crippen molar-refractivity contribution in [2.45, 2.75) is 19.8 Å². The SMILES string of the molecule is CC(C)c1cc(C(=O)O)c(=O)n(-c2ccc(F)cc2)c1C(=O)O. The van der Waals surface area contributed by atoms with E-state index in [0.29, 0.717) is 0 Å². The van der Waals surface area contributed by atoms with Gasteiger partial charge < -0.3 is 10.2 Å². The van der Waals surface area contributed by atoms with Crippen LogP contribution in [-0.4, -0.2) is 26.7 Å². The Morgan fingerprint density at radius 2 is 1.65 bits per heavy atom. The Kier molecular flexibility index (Phi) is 4.31. The number of carbonyl (C=O) groups is 2. The zero-order valence-electron chi connectivity index (χ0n) is 12.4. The molecule has 1 heterocycles. The zero-order chi connectivity index (χ0) is 17.3. The van der Waals surface area contributed by atoms with Crippen molar-refractivity contribution < 1.29 is 24.2 Å². The molecular formula is C16H14FNO5. The summed E-state index contributed by atoms with van der Waals surface area (Å²) >= 11 is 0. The van der Waals surface area contributed by atoms with Crippen LogP contribution in [0.15, 0.2) is 35.1 Å². The van der Waals surface area contributed by atoms with Crippen LogP contribution in [0.25, 0.3) is 5.69 Å². The van der Waals surface area contributed by atoms with Crippen LogP contribution >= 0.6 is 0 Å². The molecule has 0 saturated heterocycles. The van der Waals surface area contributed by atoms with E-state index in [-0.39, 0.29) is 22.9 Å². The first-order chi connectivity index (χ1) is 10.7. The van der Waals surface area contributed by atoms with Crippen molar-refractivity contribution in [1.82, 2.24) is 4.57 Å². The summed E-state index contributed by atoms with van der Waals surface area (Å²) in [6, 6.07) is 5.66. The zero-order valence-corrected chi connectivity index (χ0v) is 12.4. The first-order valence-electron chi connectivity index (χ1n) is 6.76. The third kappa shape index (κ3) is 2.98. The molecule has 0 amide bonds. The van der Waals surface area contributed by atoms with Crippen LogP contribution in [0.4, 0.5) is 4.39 Å². The maximum Gasteiger partial charge on any atom is 0.353 e. The summed E-state index contributed by atoms with van der Waals surface area (Å²) in [7, 11) is 0. The van der Waals surface area contributed by atoms with Crippen molar-refractivity contribution in [2.75, 3.05) is 0 Å². The van der Waals surface area contributed by atoms with E-state index >= 15 is 0 Å². The first kappa shape index (κ1) is 16.4. The Morgan fingerprint density at radius 1 is 1.09 bits per heavy atom. The summed E-state index contributed by atoms with van der Waals surface area (Å²) in [6.07, 6.45) is 0. The lowest BCUT2D eigenvalue weighted by Crippen LogP contribution is -2.31. The van der Waals surface area contributed by atoms with E-state index in [9.17, 15) is 29.0 Å². The van der Waals surface area contributed by atoms with Crippen LogP contribution in [0.3, 0.4) is 0 Å². The molecule has 0 fully saturated rings. The van der Waals surface area contributed by atoms with Crippen LogP contribution in [0.1, 0.15) is 46.2 Å². The van der Waals surface area contributed by atoms with Crippen LogP contribution < -0.4 is 5.56 Å². The monoisotopic (exact) mass is 319 g/mol. The van der Waals surface area contributed by atoms with Gasteiger partial charge in [-0.05, 0) is 41.8 Å². The van der Waals surface area contributed by atoms with Crippen molar-refractivity contribution in [2.24, 2.45) is 0 Å². The predicted molar refractivity (Wildman–Crippen MR) is 80.0 cm³/mol. The van der Waals surface area contributed by atoms with E-state index in [1.165, 1.54) is 12.1 Å². The third-order valence-corrected chi connectivity index (χ3v) is 3.37. The number of hydrogen-bond donors (Lipinski definition) is 2. The molecule has 0 spiro atoms. The lowest BCUT2D eigenvalue weighted by atomic mass is 9.98. The van der Waals surface area contributed by atoms with Gasteiger partial charge in [-0.3, -0.25) is 9.36 Å². The number of aromatic nitrogens is 1. The van der Waals surface area contributed by atoms with Crippen molar-refractivity contribution in [3.8, 4) is 5.69 Å². The molecule has 0 aliphatic heterocycles. The second kappa shape index (κ2) is 6.04. The Hall–Kier alpha value is -2.96. The summed E-state index contributed by atoms with van der Waals surface area (Å²) in [5, 5.41) is 18.7. The van der Waals surface area contributed by atoms with Gasteiger partial charge in [-0.25, -0.2) is 14.0 Å². The molecule has 1 aromatic heterocycles. The second-order valence-corrected chi connectivity index (χ2v) is 5.24. The van der Waals surface area contributed by atoms with Crippen LogP contribution in [0.2, 0.25) is 0 Å². The van der Waals surface area contributed by atoms with Crippen LogP contribution in [0, 0.1) is 5.82 Å². The average Bonchev–Trinajstić information content (AvgIpc) is 2.46. The minimum Gasteiger partial charge on any atom is -0.477 e. The number of nitrogens with zero attached hydrogens (tertiary/aromatic N) is 1. The number of halogens is 1. The molecule has 0 unspecified atom stereocenters. The van der Waals surface area contributed by atoms with E-state index < -0.39 is 28.9 Å². The Labute approximate surface area is 130 Å². The molecule has 2 N–H and O–H groups in total. The standard InChI is InChI=1S/C16H14FNO5/c1-8(2)11-7-12(15(20)21)14(19)18(13(11)16(22)23)10-5-3-9(17)4-6-10/h3-8H,1-2H3,(H,20,21)(H,22,23). The number of pyridine rings is 1. The highest BCUT2D eigenvalue weighted by Gasteiger charge is 2.25. The molecule has 0 radical (unpaired) electrons. The maximum atomic E-state index is 13.1. The highest BCUT2D eigenvalue weighted by Crippen LogP contribution is 2.22. The summed E-state index contributed by atoms with van der Waals surface area (Å²) < 4.78 is 13.9. The minimum absolute atomic E-state index is 0.0822. The number of rotatable bonds is 4. The number of carboxylic acids is 2. The summed E-state index contributed by atoms with van der Waals surface area (Å²) in [6.45, 7) is 3.37.